The molecule has 1 fully saturated rings. The van der Waals surface area contributed by atoms with Gasteiger partial charge in [-0.3, -0.25) is 9.69 Å². The lowest BCUT2D eigenvalue weighted by molar-refractivity contribution is -0.127. The molecule has 0 spiro atoms. The van der Waals surface area contributed by atoms with Crippen molar-refractivity contribution in [3.8, 4) is 10.7 Å². The maximum absolute atomic E-state index is 12.8. The Morgan fingerprint density at radius 2 is 2.03 bits per heavy atom. The molecule has 3 heterocycles. The number of amides is 1. The number of nitrogens with zero attached hydrogens (tertiary/aromatic N) is 3. The number of benzene rings is 1. The third-order valence-corrected chi connectivity index (χ3v) is 6.32. The summed E-state index contributed by atoms with van der Waals surface area (Å²) in [5.74, 6) is 1.51. The fourth-order valence-corrected chi connectivity index (χ4v) is 4.41. The zero-order valence-electron chi connectivity index (χ0n) is 16.6. The first-order valence-corrected chi connectivity index (χ1v) is 11.0. The van der Waals surface area contributed by atoms with Crippen LogP contribution >= 0.6 is 11.3 Å². The van der Waals surface area contributed by atoms with Crippen LogP contribution in [0.1, 0.15) is 43.7 Å². The van der Waals surface area contributed by atoms with Gasteiger partial charge in [-0.25, -0.2) is 0 Å². The van der Waals surface area contributed by atoms with E-state index in [0.29, 0.717) is 18.3 Å². The Kier molecular flexibility index (Phi) is 6.36. The van der Waals surface area contributed by atoms with Crippen molar-refractivity contribution in [1.29, 1.82) is 0 Å². The first kappa shape index (κ1) is 19.8. The number of thiophene rings is 1. The molecule has 0 aliphatic carbocycles. The number of nitrogens with one attached hydrogen (secondary N) is 1. The van der Waals surface area contributed by atoms with Crippen LogP contribution in [0.3, 0.4) is 0 Å². The van der Waals surface area contributed by atoms with Crippen molar-refractivity contribution < 1.29 is 9.32 Å². The van der Waals surface area contributed by atoms with Crippen molar-refractivity contribution in [2.75, 3.05) is 13.1 Å². The predicted octanol–water partition coefficient (Wildman–Crippen LogP) is 4.28. The average molecular weight is 411 g/mol. The highest BCUT2D eigenvalue weighted by atomic mass is 32.1. The lowest BCUT2D eigenvalue weighted by Crippen LogP contribution is -2.41. The molecule has 1 aliphatic rings. The second-order valence-electron chi connectivity index (χ2n) is 7.42. The first-order chi connectivity index (χ1) is 14.2. The number of carbonyl (C=O) groups is 1. The van der Waals surface area contributed by atoms with Gasteiger partial charge in [0.25, 0.3) is 0 Å². The maximum atomic E-state index is 12.8. The van der Waals surface area contributed by atoms with Gasteiger partial charge in [-0.1, -0.05) is 48.5 Å². The lowest BCUT2D eigenvalue weighted by Gasteiger charge is -2.31. The molecule has 0 radical (unpaired) electrons. The molecule has 4 rings (SSSR count). The highest BCUT2D eigenvalue weighted by Gasteiger charge is 2.27. The second kappa shape index (κ2) is 9.33. The van der Waals surface area contributed by atoms with Gasteiger partial charge in [-0.2, -0.15) is 4.98 Å². The fourth-order valence-electron chi connectivity index (χ4n) is 3.77. The van der Waals surface area contributed by atoms with E-state index in [0.717, 1.165) is 37.2 Å². The van der Waals surface area contributed by atoms with Gasteiger partial charge in [0, 0.05) is 5.92 Å². The van der Waals surface area contributed by atoms with Crippen molar-refractivity contribution in [2.24, 2.45) is 5.92 Å². The SMILES string of the molecule is CCC(NC(=O)C1CCN(Cc2nc(-c3cccs3)no2)CC1)c1ccccc1. The number of hydrogen-bond donors (Lipinski definition) is 1. The molecule has 152 valence electrons. The molecule has 0 bridgehead atoms. The van der Waals surface area contributed by atoms with Gasteiger partial charge in [-0.15, -0.1) is 11.3 Å². The quantitative estimate of drug-likeness (QED) is 0.630. The molecular formula is C22H26N4O2S. The van der Waals surface area contributed by atoms with Crippen LogP contribution in [0.25, 0.3) is 10.7 Å². The minimum absolute atomic E-state index is 0.0633. The molecule has 3 aromatic rings. The Hall–Kier alpha value is -2.51. The zero-order valence-corrected chi connectivity index (χ0v) is 17.4. The summed E-state index contributed by atoms with van der Waals surface area (Å²) >= 11 is 1.60. The third-order valence-electron chi connectivity index (χ3n) is 5.45. The van der Waals surface area contributed by atoms with Crippen LogP contribution in [0.5, 0.6) is 0 Å². The normalized spacial score (nSPS) is 16.6. The summed E-state index contributed by atoms with van der Waals surface area (Å²) < 4.78 is 5.41. The van der Waals surface area contributed by atoms with E-state index in [9.17, 15) is 4.79 Å². The topological polar surface area (TPSA) is 71.3 Å². The standard InChI is InChI=1S/C22H26N4O2S/c1-2-18(16-7-4-3-5-8-16)23-22(27)17-10-12-26(13-11-17)15-20-24-21(25-28-20)19-9-6-14-29-19/h3-9,14,17-18H,2,10-13,15H2,1H3,(H,23,27). The van der Waals surface area contributed by atoms with E-state index >= 15 is 0 Å². The predicted molar refractivity (Wildman–Crippen MR) is 113 cm³/mol. The van der Waals surface area contributed by atoms with Crippen LogP contribution < -0.4 is 5.32 Å². The Bertz CT molecular complexity index is 902. The van der Waals surface area contributed by atoms with Gasteiger partial charge >= 0.3 is 0 Å². The molecule has 1 N–H and O–H groups in total. The van der Waals surface area contributed by atoms with Gasteiger partial charge < -0.3 is 9.84 Å². The number of aromatic nitrogens is 2. The molecule has 0 saturated carbocycles. The summed E-state index contributed by atoms with van der Waals surface area (Å²) in [5, 5.41) is 9.31. The van der Waals surface area contributed by atoms with E-state index in [1.165, 1.54) is 5.56 Å². The molecule has 2 aromatic heterocycles. The van der Waals surface area contributed by atoms with Crippen LogP contribution in [0.4, 0.5) is 0 Å². The number of likely N-dealkylation sites (tertiary alicyclic amines) is 1. The van der Waals surface area contributed by atoms with E-state index in [1.54, 1.807) is 11.3 Å². The molecule has 6 nitrogen and oxygen atoms in total. The summed E-state index contributed by atoms with van der Waals surface area (Å²) in [7, 11) is 0. The van der Waals surface area contributed by atoms with Crippen molar-refractivity contribution in [1.82, 2.24) is 20.4 Å². The number of rotatable bonds is 7. The lowest BCUT2D eigenvalue weighted by atomic mass is 9.94. The Morgan fingerprint density at radius 1 is 1.24 bits per heavy atom. The van der Waals surface area contributed by atoms with Crippen molar-refractivity contribution in [2.45, 2.75) is 38.8 Å². The van der Waals surface area contributed by atoms with E-state index in [-0.39, 0.29) is 17.9 Å². The van der Waals surface area contributed by atoms with Gasteiger partial charge in [0.15, 0.2) is 0 Å². The van der Waals surface area contributed by atoms with E-state index in [2.05, 4.69) is 39.4 Å². The molecule has 1 aliphatic heterocycles. The highest BCUT2D eigenvalue weighted by molar-refractivity contribution is 7.13. The third kappa shape index (κ3) is 4.92. The minimum atomic E-state index is 0.0633. The van der Waals surface area contributed by atoms with E-state index in [4.69, 9.17) is 4.52 Å². The Balaban J connectivity index is 1.27. The molecule has 1 aromatic carbocycles. The highest BCUT2D eigenvalue weighted by Crippen LogP contribution is 2.24. The smallest absolute Gasteiger partial charge is 0.241 e. The van der Waals surface area contributed by atoms with Gasteiger partial charge in [0.1, 0.15) is 0 Å². The molecule has 29 heavy (non-hydrogen) atoms. The summed E-state index contributed by atoms with van der Waals surface area (Å²) in [6, 6.07) is 14.2. The summed E-state index contributed by atoms with van der Waals surface area (Å²) in [5.41, 5.74) is 1.17. The van der Waals surface area contributed by atoms with E-state index in [1.807, 2.05) is 35.7 Å². The minimum Gasteiger partial charge on any atom is -0.349 e. The summed E-state index contributed by atoms with van der Waals surface area (Å²) in [6.45, 7) is 4.46. The summed E-state index contributed by atoms with van der Waals surface area (Å²) in [6.07, 6.45) is 2.59. The maximum Gasteiger partial charge on any atom is 0.241 e. The Morgan fingerprint density at radius 3 is 2.72 bits per heavy atom. The van der Waals surface area contributed by atoms with Crippen LogP contribution in [0, 0.1) is 5.92 Å². The first-order valence-electron chi connectivity index (χ1n) is 10.2. The van der Waals surface area contributed by atoms with Crippen LogP contribution in [0.2, 0.25) is 0 Å². The largest absolute Gasteiger partial charge is 0.349 e. The molecule has 7 heteroatoms. The van der Waals surface area contributed by atoms with Gasteiger partial charge in [-0.05, 0) is 49.4 Å². The number of piperidine rings is 1. The van der Waals surface area contributed by atoms with Gasteiger partial charge in [0.2, 0.25) is 17.6 Å². The van der Waals surface area contributed by atoms with Crippen LogP contribution in [-0.4, -0.2) is 34.0 Å². The zero-order chi connectivity index (χ0) is 20.1. The number of carbonyl (C=O) groups excluding carboxylic acids is 1. The molecule has 1 atom stereocenters. The van der Waals surface area contributed by atoms with Crippen molar-refractivity contribution in [3.63, 3.8) is 0 Å². The monoisotopic (exact) mass is 410 g/mol. The van der Waals surface area contributed by atoms with Crippen LogP contribution in [0.15, 0.2) is 52.4 Å². The molecule has 1 saturated heterocycles. The molecule has 1 amide bonds. The number of hydrogen-bond acceptors (Lipinski definition) is 6. The Labute approximate surface area is 174 Å². The van der Waals surface area contributed by atoms with Gasteiger partial charge in [0.05, 0.1) is 17.5 Å². The average Bonchev–Trinajstić information content (AvgIpc) is 3.45. The van der Waals surface area contributed by atoms with Crippen LogP contribution in [-0.2, 0) is 11.3 Å². The van der Waals surface area contributed by atoms with Crippen molar-refractivity contribution in [3.05, 3.63) is 59.3 Å². The van der Waals surface area contributed by atoms with Crippen molar-refractivity contribution >= 4 is 17.2 Å². The van der Waals surface area contributed by atoms with E-state index < -0.39 is 0 Å². The molecular weight excluding hydrogens is 384 g/mol. The second-order valence-corrected chi connectivity index (χ2v) is 8.37. The fraction of sp³-hybridized carbons (Fsp3) is 0.409. The molecule has 1 unspecified atom stereocenters. The summed E-state index contributed by atoms with van der Waals surface area (Å²) in [4.78, 5) is 20.6.